The molecule has 0 aliphatic carbocycles. The zero-order valence-corrected chi connectivity index (χ0v) is 14.9. The first-order chi connectivity index (χ1) is 10.5. The van der Waals surface area contributed by atoms with Gasteiger partial charge in [0.1, 0.15) is 11.6 Å². The quantitative estimate of drug-likeness (QED) is 0.370. The first-order valence-electron chi connectivity index (χ1n) is 6.80. The maximum absolute atomic E-state index is 12.0. The molecule has 1 aromatic carbocycles. The van der Waals surface area contributed by atoms with Crippen LogP contribution in [0.2, 0.25) is 0 Å². The molecule has 1 N–H and O–H groups in total. The standard InChI is InChI=1S/C15H18BrN3O4/c1-14(2,3)23-13(20)18-12(15(4,16)19(21)22)11-7-5-10(9-17)6-8-11/h5-8,12H,1-4H3,(H,18,20)/t12-,15+/m0/s1. The van der Waals surface area contributed by atoms with Gasteiger partial charge in [0, 0.05) is 27.8 Å². The van der Waals surface area contributed by atoms with E-state index in [2.05, 4.69) is 21.2 Å². The molecule has 1 aromatic rings. The summed E-state index contributed by atoms with van der Waals surface area (Å²) in [6.45, 7) is 6.44. The predicted molar refractivity (Wildman–Crippen MR) is 87.6 cm³/mol. The minimum Gasteiger partial charge on any atom is -0.444 e. The fraction of sp³-hybridized carbons (Fsp3) is 0.467. The number of benzene rings is 1. The normalized spacial score (nSPS) is 15.0. The largest absolute Gasteiger partial charge is 0.444 e. The fourth-order valence-corrected chi connectivity index (χ4v) is 2.18. The Balaban J connectivity index is 3.14. The second kappa shape index (κ2) is 6.96. The summed E-state index contributed by atoms with van der Waals surface area (Å²) < 4.78 is 3.52. The van der Waals surface area contributed by atoms with Crippen molar-refractivity contribution < 1.29 is 14.5 Å². The number of ether oxygens (including phenoxy) is 1. The lowest BCUT2D eigenvalue weighted by Crippen LogP contribution is -2.46. The molecule has 0 radical (unpaired) electrons. The molecule has 0 saturated carbocycles. The molecule has 2 atom stereocenters. The number of alkyl carbamates (subject to hydrolysis) is 1. The van der Waals surface area contributed by atoms with Crippen molar-refractivity contribution in [3.63, 3.8) is 0 Å². The Morgan fingerprint density at radius 3 is 2.26 bits per heavy atom. The number of nitrogens with zero attached hydrogens (tertiary/aromatic N) is 2. The van der Waals surface area contributed by atoms with Crippen LogP contribution in [0.15, 0.2) is 24.3 Å². The van der Waals surface area contributed by atoms with Crippen LogP contribution in [0.25, 0.3) is 0 Å². The molecule has 1 amide bonds. The third-order valence-electron chi connectivity index (χ3n) is 2.92. The average molecular weight is 384 g/mol. The van der Waals surface area contributed by atoms with Crippen LogP contribution in [-0.4, -0.2) is 21.1 Å². The van der Waals surface area contributed by atoms with Crippen LogP contribution in [0, 0.1) is 21.4 Å². The van der Waals surface area contributed by atoms with Crippen molar-refractivity contribution >= 4 is 22.0 Å². The Kier molecular flexibility index (Phi) is 5.72. The molecule has 7 nitrogen and oxygen atoms in total. The number of hydrogen-bond donors (Lipinski definition) is 1. The van der Waals surface area contributed by atoms with Crippen molar-refractivity contribution in [2.45, 2.75) is 43.8 Å². The molecule has 124 valence electrons. The van der Waals surface area contributed by atoms with Gasteiger partial charge in [-0.15, -0.1) is 0 Å². The summed E-state index contributed by atoms with van der Waals surface area (Å²) in [5.74, 6) is 0. The zero-order valence-electron chi connectivity index (χ0n) is 13.3. The summed E-state index contributed by atoms with van der Waals surface area (Å²) in [7, 11) is 0. The van der Waals surface area contributed by atoms with E-state index in [1.807, 2.05) is 6.07 Å². The monoisotopic (exact) mass is 383 g/mol. The van der Waals surface area contributed by atoms with Crippen LogP contribution in [-0.2, 0) is 4.74 Å². The molecule has 0 aliphatic heterocycles. The van der Waals surface area contributed by atoms with Crippen molar-refractivity contribution in [3.05, 3.63) is 45.5 Å². The third kappa shape index (κ3) is 5.21. The van der Waals surface area contributed by atoms with E-state index in [1.54, 1.807) is 32.9 Å². The van der Waals surface area contributed by atoms with E-state index in [4.69, 9.17) is 10.00 Å². The molecule has 0 spiro atoms. The topological polar surface area (TPSA) is 105 Å². The molecule has 0 aliphatic rings. The third-order valence-corrected chi connectivity index (χ3v) is 3.67. The predicted octanol–water partition coefficient (Wildman–Crippen LogP) is 3.51. The molecule has 0 saturated heterocycles. The van der Waals surface area contributed by atoms with Crippen LogP contribution in [0.5, 0.6) is 0 Å². The van der Waals surface area contributed by atoms with Gasteiger partial charge in [-0.25, -0.2) is 4.79 Å². The van der Waals surface area contributed by atoms with Crippen LogP contribution >= 0.6 is 15.9 Å². The summed E-state index contributed by atoms with van der Waals surface area (Å²) in [6, 6.07) is 7.16. The highest BCUT2D eigenvalue weighted by Crippen LogP contribution is 2.34. The second-order valence-corrected chi connectivity index (χ2v) is 7.70. The SMILES string of the molecule is CC(C)(C)OC(=O)N[C@@H](c1ccc(C#N)cc1)[C@](C)(Br)[N+](=O)[O-]. The first kappa shape index (κ1) is 18.9. The molecule has 1 rings (SSSR count). The number of nitriles is 1. The molecule has 8 heteroatoms. The van der Waals surface area contributed by atoms with Crippen LogP contribution < -0.4 is 5.32 Å². The Morgan fingerprint density at radius 2 is 1.87 bits per heavy atom. The smallest absolute Gasteiger partial charge is 0.408 e. The van der Waals surface area contributed by atoms with Crippen molar-refractivity contribution in [1.29, 1.82) is 5.26 Å². The number of rotatable bonds is 4. The number of amides is 1. The Bertz CT molecular complexity index is 630. The lowest BCUT2D eigenvalue weighted by molar-refractivity contribution is -0.536. The number of halogens is 1. The summed E-state index contributed by atoms with van der Waals surface area (Å²) in [5.41, 5.74) is 0.171. The van der Waals surface area contributed by atoms with Crippen molar-refractivity contribution in [3.8, 4) is 6.07 Å². The molecule has 0 aromatic heterocycles. The Hall–Kier alpha value is -2.14. The number of carbonyl (C=O) groups is 1. The van der Waals surface area contributed by atoms with E-state index in [-0.39, 0.29) is 0 Å². The van der Waals surface area contributed by atoms with Gasteiger partial charge in [-0.2, -0.15) is 5.26 Å². The summed E-state index contributed by atoms with van der Waals surface area (Å²) in [6.07, 6.45) is -0.764. The van der Waals surface area contributed by atoms with Gasteiger partial charge in [0.2, 0.25) is 0 Å². The number of carbonyl (C=O) groups excluding carboxylic acids is 1. The molecule has 0 bridgehead atoms. The fourth-order valence-electron chi connectivity index (χ4n) is 1.80. The van der Waals surface area contributed by atoms with E-state index in [0.717, 1.165) is 0 Å². The summed E-state index contributed by atoms with van der Waals surface area (Å²) >= 11 is 3.06. The van der Waals surface area contributed by atoms with Crippen molar-refractivity contribution in [2.75, 3.05) is 0 Å². The Morgan fingerprint density at radius 1 is 1.35 bits per heavy atom. The molecule has 0 fully saturated rings. The van der Waals surface area contributed by atoms with Gasteiger partial charge in [-0.3, -0.25) is 10.1 Å². The molecule has 0 unspecified atom stereocenters. The van der Waals surface area contributed by atoms with Gasteiger partial charge in [-0.05, 0) is 38.5 Å². The van der Waals surface area contributed by atoms with Gasteiger partial charge in [0.15, 0.2) is 0 Å². The minimum absolute atomic E-state index is 0.419. The minimum atomic E-state index is -1.64. The highest BCUT2D eigenvalue weighted by Gasteiger charge is 2.45. The summed E-state index contributed by atoms with van der Waals surface area (Å²) in [5, 5.41) is 22.7. The molecule has 23 heavy (non-hydrogen) atoms. The van der Waals surface area contributed by atoms with Gasteiger partial charge in [-0.1, -0.05) is 12.1 Å². The Labute approximate surface area is 142 Å². The highest BCUT2D eigenvalue weighted by molar-refractivity contribution is 9.10. The van der Waals surface area contributed by atoms with E-state index < -0.39 is 27.1 Å². The maximum Gasteiger partial charge on any atom is 0.408 e. The van der Waals surface area contributed by atoms with E-state index in [1.165, 1.54) is 19.1 Å². The van der Waals surface area contributed by atoms with Gasteiger partial charge < -0.3 is 10.1 Å². The molecular formula is C15H18BrN3O4. The van der Waals surface area contributed by atoms with Gasteiger partial charge >= 0.3 is 6.09 Å². The number of nitro groups is 1. The molecule has 0 heterocycles. The average Bonchev–Trinajstić information content (AvgIpc) is 2.42. The van der Waals surface area contributed by atoms with Gasteiger partial charge in [0.25, 0.3) is 4.45 Å². The van der Waals surface area contributed by atoms with E-state index in [9.17, 15) is 14.9 Å². The maximum atomic E-state index is 12.0. The first-order valence-corrected chi connectivity index (χ1v) is 7.59. The van der Waals surface area contributed by atoms with Gasteiger partial charge in [0.05, 0.1) is 11.6 Å². The van der Waals surface area contributed by atoms with Crippen molar-refractivity contribution in [1.82, 2.24) is 5.32 Å². The highest BCUT2D eigenvalue weighted by atomic mass is 79.9. The van der Waals surface area contributed by atoms with Crippen LogP contribution in [0.3, 0.4) is 0 Å². The number of nitrogens with one attached hydrogen (secondary N) is 1. The lowest BCUT2D eigenvalue weighted by Gasteiger charge is -2.28. The molecular weight excluding hydrogens is 366 g/mol. The van der Waals surface area contributed by atoms with E-state index >= 15 is 0 Å². The second-order valence-electron chi connectivity index (χ2n) is 6.09. The zero-order chi connectivity index (χ0) is 17.8. The van der Waals surface area contributed by atoms with E-state index in [0.29, 0.717) is 11.1 Å². The number of alkyl halides is 1. The number of hydrogen-bond acceptors (Lipinski definition) is 5. The van der Waals surface area contributed by atoms with Crippen LogP contribution in [0.1, 0.15) is 44.9 Å². The summed E-state index contributed by atoms with van der Waals surface area (Å²) in [4.78, 5) is 22.8. The lowest BCUT2D eigenvalue weighted by atomic mass is 9.99. The van der Waals surface area contributed by atoms with Crippen LogP contribution in [0.4, 0.5) is 4.79 Å². The van der Waals surface area contributed by atoms with Crippen molar-refractivity contribution in [2.24, 2.45) is 0 Å².